The van der Waals surface area contributed by atoms with Crippen LogP contribution in [-0.4, -0.2) is 41.5 Å². The fourth-order valence-electron chi connectivity index (χ4n) is 3.03. The van der Waals surface area contributed by atoms with E-state index in [1.54, 1.807) is 0 Å². The van der Waals surface area contributed by atoms with Crippen molar-refractivity contribution in [3.05, 3.63) is 65.5 Å². The van der Waals surface area contributed by atoms with Gasteiger partial charge in [0.25, 0.3) is 0 Å². The molecule has 2 N–H and O–H groups in total. The van der Waals surface area contributed by atoms with Crippen molar-refractivity contribution in [2.45, 2.75) is 26.3 Å². The lowest BCUT2D eigenvalue weighted by Crippen LogP contribution is -2.39. The zero-order chi connectivity index (χ0) is 18.4. The van der Waals surface area contributed by atoms with E-state index in [-0.39, 0.29) is 0 Å². The number of imidazole rings is 1. The van der Waals surface area contributed by atoms with Gasteiger partial charge in [0.2, 0.25) is 0 Å². The molecule has 0 saturated heterocycles. The van der Waals surface area contributed by atoms with E-state index in [1.165, 1.54) is 11.1 Å². The van der Waals surface area contributed by atoms with Crippen LogP contribution in [0.4, 0.5) is 0 Å². The predicted octanol–water partition coefficient (Wildman–Crippen LogP) is 3.38. The first kappa shape index (κ1) is 18.0. The molecule has 3 aromatic rings. The van der Waals surface area contributed by atoms with Gasteiger partial charge in [-0.1, -0.05) is 43.3 Å². The van der Waals surface area contributed by atoms with E-state index >= 15 is 0 Å². The third-order valence-electron chi connectivity index (χ3n) is 4.51. The summed E-state index contributed by atoms with van der Waals surface area (Å²) in [6, 6.07) is 16.9. The van der Waals surface area contributed by atoms with Gasteiger partial charge in [-0.2, -0.15) is 0 Å². The number of aromatic amines is 1. The summed E-state index contributed by atoms with van der Waals surface area (Å²) in [5.41, 5.74) is 4.74. The molecule has 0 unspecified atom stereocenters. The third kappa shape index (κ3) is 4.42. The van der Waals surface area contributed by atoms with Crippen LogP contribution in [0.3, 0.4) is 0 Å². The van der Waals surface area contributed by atoms with Gasteiger partial charge in [0, 0.05) is 33.6 Å². The maximum absolute atomic E-state index is 4.62. The Morgan fingerprint density at radius 1 is 1.12 bits per heavy atom. The standard InChI is InChI=1S/C21H27N5/c1-4-16-9-11-17(12-10-16)15-26(3)21(22-2)23-14-13-20-24-18-7-5-6-8-19(18)25-20/h5-12H,4,13-15H2,1-3H3,(H,22,23)(H,24,25). The summed E-state index contributed by atoms with van der Waals surface area (Å²) < 4.78 is 0. The molecule has 5 heteroatoms. The molecule has 0 saturated carbocycles. The Morgan fingerprint density at radius 3 is 2.54 bits per heavy atom. The molecular weight excluding hydrogens is 322 g/mol. The maximum Gasteiger partial charge on any atom is 0.193 e. The van der Waals surface area contributed by atoms with E-state index in [1.807, 2.05) is 25.2 Å². The summed E-state index contributed by atoms with van der Waals surface area (Å²) in [7, 11) is 3.88. The molecule has 0 aliphatic rings. The van der Waals surface area contributed by atoms with Crippen LogP contribution in [0.5, 0.6) is 0 Å². The average molecular weight is 349 g/mol. The van der Waals surface area contributed by atoms with Crippen LogP contribution >= 0.6 is 0 Å². The van der Waals surface area contributed by atoms with E-state index in [4.69, 9.17) is 0 Å². The molecule has 136 valence electrons. The number of hydrogen-bond acceptors (Lipinski definition) is 2. The first-order valence-electron chi connectivity index (χ1n) is 9.13. The van der Waals surface area contributed by atoms with Gasteiger partial charge in [-0.05, 0) is 29.7 Å². The third-order valence-corrected chi connectivity index (χ3v) is 4.51. The summed E-state index contributed by atoms with van der Waals surface area (Å²) in [4.78, 5) is 14.5. The van der Waals surface area contributed by atoms with E-state index in [2.05, 4.69) is 69.5 Å². The Labute approximate surface area is 155 Å². The largest absolute Gasteiger partial charge is 0.356 e. The molecule has 1 heterocycles. The fourth-order valence-corrected chi connectivity index (χ4v) is 3.03. The lowest BCUT2D eigenvalue weighted by Gasteiger charge is -2.22. The summed E-state index contributed by atoms with van der Waals surface area (Å²) in [6.07, 6.45) is 1.90. The first-order valence-corrected chi connectivity index (χ1v) is 9.13. The minimum absolute atomic E-state index is 0.783. The average Bonchev–Trinajstić information content (AvgIpc) is 3.08. The smallest absolute Gasteiger partial charge is 0.193 e. The minimum Gasteiger partial charge on any atom is -0.356 e. The highest BCUT2D eigenvalue weighted by molar-refractivity contribution is 5.79. The number of benzene rings is 2. The fraction of sp³-hybridized carbons (Fsp3) is 0.333. The molecule has 0 fully saturated rings. The lowest BCUT2D eigenvalue weighted by atomic mass is 10.1. The van der Waals surface area contributed by atoms with Crippen LogP contribution in [0.25, 0.3) is 11.0 Å². The molecule has 26 heavy (non-hydrogen) atoms. The number of para-hydroxylation sites is 2. The van der Waals surface area contributed by atoms with Gasteiger partial charge in [-0.3, -0.25) is 4.99 Å². The number of guanidine groups is 1. The van der Waals surface area contributed by atoms with Gasteiger partial charge >= 0.3 is 0 Å². The molecule has 0 radical (unpaired) electrons. The molecule has 2 aromatic carbocycles. The van der Waals surface area contributed by atoms with E-state index < -0.39 is 0 Å². The number of aryl methyl sites for hydroxylation is 1. The Kier molecular flexibility index (Phi) is 5.89. The molecule has 0 bridgehead atoms. The van der Waals surface area contributed by atoms with E-state index in [0.717, 1.165) is 48.7 Å². The monoisotopic (exact) mass is 349 g/mol. The van der Waals surface area contributed by atoms with Gasteiger partial charge in [0.15, 0.2) is 5.96 Å². The van der Waals surface area contributed by atoms with Gasteiger partial charge < -0.3 is 15.2 Å². The van der Waals surface area contributed by atoms with Crippen molar-refractivity contribution in [2.24, 2.45) is 4.99 Å². The van der Waals surface area contributed by atoms with Gasteiger partial charge in [0.05, 0.1) is 11.0 Å². The Balaban J connectivity index is 1.53. The van der Waals surface area contributed by atoms with Crippen LogP contribution in [0, 0.1) is 0 Å². The lowest BCUT2D eigenvalue weighted by molar-refractivity contribution is 0.477. The molecule has 0 amide bonds. The molecule has 5 nitrogen and oxygen atoms in total. The Hall–Kier alpha value is -2.82. The van der Waals surface area contributed by atoms with Crippen LogP contribution in [0.15, 0.2) is 53.5 Å². The van der Waals surface area contributed by atoms with Crippen molar-refractivity contribution >= 4 is 17.0 Å². The topological polar surface area (TPSA) is 56.3 Å². The quantitative estimate of drug-likeness (QED) is 0.530. The van der Waals surface area contributed by atoms with Crippen molar-refractivity contribution in [1.82, 2.24) is 20.2 Å². The van der Waals surface area contributed by atoms with Crippen LogP contribution < -0.4 is 5.32 Å². The Bertz CT molecular complexity index is 830. The number of fused-ring (bicyclic) bond motifs is 1. The van der Waals surface area contributed by atoms with Gasteiger partial charge in [0.1, 0.15) is 5.82 Å². The first-order chi connectivity index (χ1) is 12.7. The number of hydrogen-bond donors (Lipinski definition) is 2. The number of nitrogens with zero attached hydrogens (tertiary/aromatic N) is 3. The minimum atomic E-state index is 0.783. The molecule has 0 atom stereocenters. The summed E-state index contributed by atoms with van der Waals surface area (Å²) in [5.74, 6) is 1.88. The maximum atomic E-state index is 4.62. The second-order valence-electron chi connectivity index (χ2n) is 6.45. The molecule has 1 aromatic heterocycles. The number of rotatable bonds is 6. The normalized spacial score (nSPS) is 11.7. The second-order valence-corrected chi connectivity index (χ2v) is 6.45. The highest BCUT2D eigenvalue weighted by Gasteiger charge is 2.07. The number of nitrogens with one attached hydrogen (secondary N) is 2. The van der Waals surface area contributed by atoms with Crippen molar-refractivity contribution in [2.75, 3.05) is 20.6 Å². The van der Waals surface area contributed by atoms with E-state index in [9.17, 15) is 0 Å². The number of aromatic nitrogens is 2. The molecule has 0 aliphatic heterocycles. The van der Waals surface area contributed by atoms with Crippen LogP contribution in [-0.2, 0) is 19.4 Å². The van der Waals surface area contributed by atoms with Crippen molar-refractivity contribution < 1.29 is 0 Å². The Morgan fingerprint density at radius 2 is 1.85 bits per heavy atom. The second kappa shape index (κ2) is 8.52. The van der Waals surface area contributed by atoms with Gasteiger partial charge in [-0.25, -0.2) is 4.98 Å². The van der Waals surface area contributed by atoms with Crippen molar-refractivity contribution in [1.29, 1.82) is 0 Å². The zero-order valence-corrected chi connectivity index (χ0v) is 15.8. The SMILES string of the molecule is CCc1ccc(CN(C)C(=NC)NCCc2nc3ccccc3[nH]2)cc1. The van der Waals surface area contributed by atoms with Crippen molar-refractivity contribution in [3.63, 3.8) is 0 Å². The molecule has 0 aliphatic carbocycles. The molecular formula is C21H27N5. The highest BCUT2D eigenvalue weighted by Crippen LogP contribution is 2.10. The van der Waals surface area contributed by atoms with Crippen LogP contribution in [0.2, 0.25) is 0 Å². The molecule has 0 spiro atoms. The summed E-state index contributed by atoms with van der Waals surface area (Å²) in [6.45, 7) is 3.79. The summed E-state index contributed by atoms with van der Waals surface area (Å²) >= 11 is 0. The van der Waals surface area contributed by atoms with Gasteiger partial charge in [-0.15, -0.1) is 0 Å². The van der Waals surface area contributed by atoms with E-state index in [0.29, 0.717) is 0 Å². The number of aliphatic imine (C=N–C) groups is 1. The predicted molar refractivity (Wildman–Crippen MR) is 108 cm³/mol. The molecule has 3 rings (SSSR count). The summed E-state index contributed by atoms with van der Waals surface area (Å²) in [5, 5.41) is 3.42. The van der Waals surface area contributed by atoms with Crippen LogP contribution in [0.1, 0.15) is 23.9 Å². The highest BCUT2D eigenvalue weighted by atomic mass is 15.3. The van der Waals surface area contributed by atoms with Crippen molar-refractivity contribution in [3.8, 4) is 0 Å². The number of H-pyrrole nitrogens is 1. The zero-order valence-electron chi connectivity index (χ0n) is 15.8.